The second-order valence-corrected chi connectivity index (χ2v) is 3.36. The molecule has 1 N–H and O–H groups in total. The molecule has 0 saturated heterocycles. The molecule has 13 heavy (non-hydrogen) atoms. The molecule has 1 nitrogen and oxygen atoms in total. The van der Waals surface area contributed by atoms with Gasteiger partial charge < -0.3 is 5.11 Å². The Balaban J connectivity index is 2.85. The molecule has 1 rings (SSSR count). The van der Waals surface area contributed by atoms with Crippen LogP contribution in [0.25, 0.3) is 0 Å². The predicted octanol–water partition coefficient (Wildman–Crippen LogP) is 3.08. The van der Waals surface area contributed by atoms with E-state index in [1.54, 1.807) is 0 Å². The molecular weight excluding hydrogens is 160 g/mol. The summed E-state index contributed by atoms with van der Waals surface area (Å²) in [5.41, 5.74) is 2.37. The van der Waals surface area contributed by atoms with Crippen LogP contribution in [0.15, 0.2) is 24.3 Å². The number of hydrogen-bond acceptors (Lipinski definition) is 1. The van der Waals surface area contributed by atoms with Crippen molar-refractivity contribution in [2.75, 3.05) is 0 Å². The van der Waals surface area contributed by atoms with Crippen LogP contribution < -0.4 is 0 Å². The van der Waals surface area contributed by atoms with E-state index in [0.717, 1.165) is 24.8 Å². The third-order valence-corrected chi connectivity index (χ3v) is 2.36. The average Bonchev–Trinajstić information content (AvgIpc) is 2.18. The summed E-state index contributed by atoms with van der Waals surface area (Å²) in [7, 11) is 0. The smallest absolute Gasteiger partial charge is 0.0792 e. The molecule has 1 atom stereocenters. The van der Waals surface area contributed by atoms with Crippen molar-refractivity contribution in [3.63, 3.8) is 0 Å². The number of aliphatic hydroxyl groups excluding tert-OH is 1. The maximum Gasteiger partial charge on any atom is 0.0792 e. The molecule has 1 aromatic carbocycles. The molecule has 1 heteroatoms. The number of aryl methyl sites for hydroxylation is 1. The van der Waals surface area contributed by atoms with Crippen molar-refractivity contribution in [3.05, 3.63) is 35.4 Å². The van der Waals surface area contributed by atoms with Gasteiger partial charge in [0.05, 0.1) is 6.10 Å². The highest BCUT2D eigenvalue weighted by molar-refractivity contribution is 5.28. The van der Waals surface area contributed by atoms with Crippen LogP contribution in [-0.2, 0) is 6.42 Å². The first kappa shape index (κ1) is 10.3. The number of benzene rings is 1. The van der Waals surface area contributed by atoms with Crippen molar-refractivity contribution in [2.45, 2.75) is 39.2 Å². The Hall–Kier alpha value is -0.820. The van der Waals surface area contributed by atoms with Crippen LogP contribution >= 0.6 is 0 Å². The molecule has 0 unspecified atom stereocenters. The lowest BCUT2D eigenvalue weighted by Crippen LogP contribution is -2.00. The predicted molar refractivity (Wildman–Crippen MR) is 55.7 cm³/mol. The highest BCUT2D eigenvalue weighted by Crippen LogP contribution is 2.22. The van der Waals surface area contributed by atoms with Crippen LogP contribution in [0.4, 0.5) is 0 Å². The van der Waals surface area contributed by atoms with Gasteiger partial charge in [0.2, 0.25) is 0 Å². The Labute approximate surface area is 80.4 Å². The van der Waals surface area contributed by atoms with Gasteiger partial charge in [0.1, 0.15) is 0 Å². The van der Waals surface area contributed by atoms with Crippen molar-refractivity contribution < 1.29 is 5.11 Å². The normalized spacial score (nSPS) is 12.8. The first-order valence-corrected chi connectivity index (χ1v) is 5.05. The van der Waals surface area contributed by atoms with Gasteiger partial charge in [-0.25, -0.2) is 0 Å². The van der Waals surface area contributed by atoms with E-state index < -0.39 is 0 Å². The number of aliphatic hydroxyl groups is 1. The lowest BCUT2D eigenvalue weighted by atomic mass is 9.98. The van der Waals surface area contributed by atoms with Gasteiger partial charge in [0.25, 0.3) is 0 Å². The third-order valence-electron chi connectivity index (χ3n) is 2.36. The second-order valence-electron chi connectivity index (χ2n) is 3.36. The van der Waals surface area contributed by atoms with E-state index >= 15 is 0 Å². The maximum absolute atomic E-state index is 9.83. The second kappa shape index (κ2) is 5.03. The van der Waals surface area contributed by atoms with E-state index in [9.17, 15) is 5.11 Å². The Bertz CT molecular complexity index is 255. The van der Waals surface area contributed by atoms with E-state index in [-0.39, 0.29) is 6.10 Å². The Morgan fingerprint density at radius 1 is 1.23 bits per heavy atom. The molecule has 0 aliphatic heterocycles. The summed E-state index contributed by atoms with van der Waals surface area (Å²) in [6.45, 7) is 4.22. The standard InChI is InChI=1S/C12H18O/c1-3-7-12(13)11-9-6-5-8-10(11)4-2/h5-6,8-9,12-13H,3-4,7H2,1-2H3/t12-/m1/s1. The van der Waals surface area contributed by atoms with Gasteiger partial charge in [-0.05, 0) is 24.0 Å². The minimum Gasteiger partial charge on any atom is -0.388 e. The Morgan fingerprint density at radius 2 is 1.92 bits per heavy atom. The summed E-state index contributed by atoms with van der Waals surface area (Å²) < 4.78 is 0. The molecule has 0 radical (unpaired) electrons. The summed E-state index contributed by atoms with van der Waals surface area (Å²) in [4.78, 5) is 0. The molecule has 0 spiro atoms. The van der Waals surface area contributed by atoms with Crippen LogP contribution in [0.3, 0.4) is 0 Å². The molecule has 72 valence electrons. The lowest BCUT2D eigenvalue weighted by molar-refractivity contribution is 0.165. The molecule has 0 saturated carbocycles. The lowest BCUT2D eigenvalue weighted by Gasteiger charge is -2.13. The minimum absolute atomic E-state index is 0.277. The highest BCUT2D eigenvalue weighted by Gasteiger charge is 2.08. The van der Waals surface area contributed by atoms with Crippen LogP contribution in [0.1, 0.15) is 43.9 Å². The maximum atomic E-state index is 9.83. The van der Waals surface area contributed by atoms with Crippen LogP contribution in [-0.4, -0.2) is 5.11 Å². The van der Waals surface area contributed by atoms with Crippen LogP contribution in [0.5, 0.6) is 0 Å². The molecule has 1 aromatic rings. The van der Waals surface area contributed by atoms with E-state index in [4.69, 9.17) is 0 Å². The van der Waals surface area contributed by atoms with Gasteiger partial charge in [-0.3, -0.25) is 0 Å². The summed E-state index contributed by atoms with van der Waals surface area (Å²) >= 11 is 0. The van der Waals surface area contributed by atoms with Gasteiger partial charge in [0.15, 0.2) is 0 Å². The van der Waals surface area contributed by atoms with Gasteiger partial charge in [-0.1, -0.05) is 44.5 Å². The van der Waals surface area contributed by atoms with Gasteiger partial charge >= 0.3 is 0 Å². The molecule has 0 amide bonds. The van der Waals surface area contributed by atoms with Crippen LogP contribution in [0, 0.1) is 0 Å². The topological polar surface area (TPSA) is 20.2 Å². The zero-order chi connectivity index (χ0) is 9.68. The third kappa shape index (κ3) is 2.56. The molecule has 0 aromatic heterocycles. The molecular formula is C12H18O. The quantitative estimate of drug-likeness (QED) is 0.751. The fraction of sp³-hybridized carbons (Fsp3) is 0.500. The monoisotopic (exact) mass is 178 g/mol. The fourth-order valence-electron chi connectivity index (χ4n) is 1.61. The zero-order valence-electron chi connectivity index (χ0n) is 8.46. The van der Waals surface area contributed by atoms with Crippen molar-refractivity contribution in [2.24, 2.45) is 0 Å². The van der Waals surface area contributed by atoms with Gasteiger partial charge in [-0.2, -0.15) is 0 Å². The number of rotatable bonds is 4. The average molecular weight is 178 g/mol. The summed E-state index contributed by atoms with van der Waals surface area (Å²) in [6.07, 6.45) is 2.61. The largest absolute Gasteiger partial charge is 0.388 e. The SMILES string of the molecule is CCC[C@@H](O)c1ccccc1CC. The summed E-state index contributed by atoms with van der Waals surface area (Å²) in [5, 5.41) is 9.83. The van der Waals surface area contributed by atoms with Crippen LogP contribution in [0.2, 0.25) is 0 Å². The Morgan fingerprint density at radius 3 is 2.54 bits per heavy atom. The summed E-state index contributed by atoms with van der Waals surface area (Å²) in [5.74, 6) is 0. The van der Waals surface area contributed by atoms with Gasteiger partial charge in [0, 0.05) is 0 Å². The van der Waals surface area contributed by atoms with Gasteiger partial charge in [-0.15, -0.1) is 0 Å². The molecule has 0 aliphatic rings. The van der Waals surface area contributed by atoms with Crippen molar-refractivity contribution in [1.82, 2.24) is 0 Å². The van der Waals surface area contributed by atoms with Crippen molar-refractivity contribution in [3.8, 4) is 0 Å². The van der Waals surface area contributed by atoms with E-state index in [1.807, 2.05) is 18.2 Å². The molecule has 0 aliphatic carbocycles. The first-order valence-electron chi connectivity index (χ1n) is 5.05. The van der Waals surface area contributed by atoms with E-state index in [2.05, 4.69) is 19.9 Å². The summed E-state index contributed by atoms with van der Waals surface area (Å²) in [6, 6.07) is 8.14. The van der Waals surface area contributed by atoms with E-state index in [1.165, 1.54) is 5.56 Å². The van der Waals surface area contributed by atoms with E-state index in [0.29, 0.717) is 0 Å². The fourth-order valence-corrected chi connectivity index (χ4v) is 1.61. The minimum atomic E-state index is -0.277. The van der Waals surface area contributed by atoms with Crippen molar-refractivity contribution in [1.29, 1.82) is 0 Å². The number of hydrogen-bond donors (Lipinski definition) is 1. The Kier molecular flexibility index (Phi) is 3.97. The zero-order valence-corrected chi connectivity index (χ0v) is 8.46. The molecule has 0 bridgehead atoms. The highest BCUT2D eigenvalue weighted by atomic mass is 16.3. The molecule has 0 fully saturated rings. The molecule has 0 heterocycles. The van der Waals surface area contributed by atoms with Crippen molar-refractivity contribution >= 4 is 0 Å². The first-order chi connectivity index (χ1) is 6.29.